The van der Waals surface area contributed by atoms with Gasteiger partial charge in [0.2, 0.25) is 0 Å². The van der Waals surface area contributed by atoms with Crippen molar-refractivity contribution in [1.29, 1.82) is 5.26 Å². The minimum absolute atomic E-state index is 0.0281. The van der Waals surface area contributed by atoms with Crippen LogP contribution in [-0.4, -0.2) is 17.0 Å². The van der Waals surface area contributed by atoms with Crippen LogP contribution in [0.4, 0.5) is 5.69 Å². The highest BCUT2D eigenvalue weighted by molar-refractivity contribution is 6.09. The Kier molecular flexibility index (Phi) is 5.70. The fraction of sp³-hybridized carbons (Fsp3) is 0.150. The Morgan fingerprint density at radius 2 is 1.68 bits per heavy atom. The number of hydrogen-bond acceptors (Lipinski definition) is 3. The zero-order valence-corrected chi connectivity index (χ0v) is 14.0. The summed E-state index contributed by atoms with van der Waals surface area (Å²) in [5.74, 6) is -1.18. The molecule has 25 heavy (non-hydrogen) atoms. The molecule has 5 nitrogen and oxygen atoms in total. The molecule has 2 aromatic carbocycles. The van der Waals surface area contributed by atoms with Gasteiger partial charge in [0, 0.05) is 5.69 Å². The van der Waals surface area contributed by atoms with Crippen molar-refractivity contribution in [3.05, 3.63) is 70.8 Å². The lowest BCUT2D eigenvalue weighted by Crippen LogP contribution is -2.13. The van der Waals surface area contributed by atoms with Crippen LogP contribution in [0, 0.1) is 11.3 Å². The van der Waals surface area contributed by atoms with E-state index in [1.165, 1.54) is 35.9 Å². The van der Waals surface area contributed by atoms with E-state index in [1.54, 1.807) is 0 Å². The summed E-state index contributed by atoms with van der Waals surface area (Å²) < 4.78 is 0. The van der Waals surface area contributed by atoms with Crippen molar-refractivity contribution >= 4 is 23.6 Å². The Bertz CT molecular complexity index is 842. The molecule has 2 N–H and O–H groups in total. The SMILES string of the molecule is CC(C)c1ccc(/C=C(\C#N)C(=O)Nc2ccc(C(=O)O)cc2)cc1. The van der Waals surface area contributed by atoms with Crippen molar-refractivity contribution in [1.82, 2.24) is 0 Å². The highest BCUT2D eigenvalue weighted by Crippen LogP contribution is 2.17. The Balaban J connectivity index is 2.14. The second kappa shape index (κ2) is 7.93. The van der Waals surface area contributed by atoms with Crippen molar-refractivity contribution in [3.63, 3.8) is 0 Å². The lowest BCUT2D eigenvalue weighted by atomic mass is 10.0. The molecule has 0 aliphatic rings. The zero-order valence-electron chi connectivity index (χ0n) is 14.0. The first-order valence-corrected chi connectivity index (χ1v) is 7.77. The van der Waals surface area contributed by atoms with E-state index in [-0.39, 0.29) is 11.1 Å². The number of carbonyl (C=O) groups excluding carboxylic acids is 1. The fourth-order valence-electron chi connectivity index (χ4n) is 2.19. The molecule has 0 saturated heterocycles. The fourth-order valence-corrected chi connectivity index (χ4v) is 2.19. The van der Waals surface area contributed by atoms with Gasteiger partial charge in [0.1, 0.15) is 11.6 Å². The second-order valence-corrected chi connectivity index (χ2v) is 5.83. The normalized spacial score (nSPS) is 11.0. The molecule has 0 aromatic heterocycles. The second-order valence-electron chi connectivity index (χ2n) is 5.83. The van der Waals surface area contributed by atoms with Gasteiger partial charge in [-0.25, -0.2) is 4.79 Å². The Hall–Kier alpha value is -3.39. The van der Waals surface area contributed by atoms with Crippen molar-refractivity contribution in [2.45, 2.75) is 19.8 Å². The Morgan fingerprint density at radius 1 is 1.08 bits per heavy atom. The third-order valence-electron chi connectivity index (χ3n) is 3.67. The first kappa shape index (κ1) is 18.0. The number of hydrogen-bond donors (Lipinski definition) is 2. The first-order valence-electron chi connectivity index (χ1n) is 7.77. The van der Waals surface area contributed by atoms with Crippen molar-refractivity contribution in [2.75, 3.05) is 5.32 Å². The first-order chi connectivity index (χ1) is 11.9. The summed E-state index contributed by atoms with van der Waals surface area (Å²) in [4.78, 5) is 23.0. The van der Waals surface area contributed by atoms with Crippen LogP contribution in [0.1, 0.15) is 41.3 Å². The van der Waals surface area contributed by atoms with Crippen molar-refractivity contribution in [2.24, 2.45) is 0 Å². The van der Waals surface area contributed by atoms with Crippen LogP contribution in [0.2, 0.25) is 0 Å². The minimum Gasteiger partial charge on any atom is -0.478 e. The Labute approximate surface area is 146 Å². The standard InChI is InChI=1S/C20H18N2O3/c1-13(2)15-5-3-14(4-6-15)11-17(12-21)19(23)22-18-9-7-16(8-10-18)20(24)25/h3-11,13H,1-2H3,(H,22,23)(H,24,25)/b17-11+. The third-order valence-corrected chi connectivity index (χ3v) is 3.67. The van der Waals surface area contributed by atoms with Crippen LogP contribution in [0.15, 0.2) is 54.1 Å². The number of benzene rings is 2. The molecule has 0 aliphatic heterocycles. The molecule has 1 amide bonds. The molecule has 2 aromatic rings. The van der Waals surface area contributed by atoms with E-state index >= 15 is 0 Å². The molecule has 0 fully saturated rings. The van der Waals surface area contributed by atoms with Gasteiger partial charge < -0.3 is 10.4 Å². The summed E-state index contributed by atoms with van der Waals surface area (Å²) in [6.07, 6.45) is 1.52. The monoisotopic (exact) mass is 334 g/mol. The van der Waals surface area contributed by atoms with Gasteiger partial charge in [0.25, 0.3) is 5.91 Å². The highest BCUT2D eigenvalue weighted by atomic mass is 16.4. The number of rotatable bonds is 5. The molecule has 0 saturated carbocycles. The molecule has 0 aliphatic carbocycles. The molecule has 2 rings (SSSR count). The van der Waals surface area contributed by atoms with E-state index in [9.17, 15) is 14.9 Å². The van der Waals surface area contributed by atoms with Gasteiger partial charge in [-0.1, -0.05) is 38.1 Å². The summed E-state index contributed by atoms with van der Waals surface area (Å²) in [7, 11) is 0. The van der Waals surface area contributed by atoms with Crippen LogP contribution in [0.3, 0.4) is 0 Å². The van der Waals surface area contributed by atoms with E-state index in [2.05, 4.69) is 19.2 Å². The van der Waals surface area contributed by atoms with Gasteiger partial charge in [-0.15, -0.1) is 0 Å². The van der Waals surface area contributed by atoms with Crippen LogP contribution in [-0.2, 0) is 4.79 Å². The summed E-state index contributed by atoms with van der Waals surface area (Å²) >= 11 is 0. The highest BCUT2D eigenvalue weighted by Gasteiger charge is 2.10. The average Bonchev–Trinajstić information content (AvgIpc) is 2.60. The molecule has 0 unspecified atom stereocenters. The molecule has 126 valence electrons. The maximum absolute atomic E-state index is 12.2. The predicted octanol–water partition coefficient (Wildman–Crippen LogP) is 4.05. The predicted molar refractivity (Wildman–Crippen MR) is 96.2 cm³/mol. The molecule has 5 heteroatoms. The van der Waals surface area contributed by atoms with Crippen LogP contribution in [0.25, 0.3) is 6.08 Å². The van der Waals surface area contributed by atoms with Gasteiger partial charge in [-0.05, 0) is 47.4 Å². The van der Waals surface area contributed by atoms with Gasteiger partial charge in [0.05, 0.1) is 5.56 Å². The molecular formula is C20H18N2O3. The van der Waals surface area contributed by atoms with Crippen LogP contribution >= 0.6 is 0 Å². The van der Waals surface area contributed by atoms with Crippen LogP contribution < -0.4 is 5.32 Å². The number of anilines is 1. The third kappa shape index (κ3) is 4.79. The van der Waals surface area contributed by atoms with Crippen LogP contribution in [0.5, 0.6) is 0 Å². The minimum atomic E-state index is -1.04. The molecule has 0 radical (unpaired) electrons. The average molecular weight is 334 g/mol. The number of nitrogens with one attached hydrogen (secondary N) is 1. The number of carboxylic acids is 1. The quantitative estimate of drug-likeness (QED) is 0.637. The number of aromatic carboxylic acids is 1. The molecule has 0 heterocycles. The van der Waals surface area contributed by atoms with E-state index in [4.69, 9.17) is 5.11 Å². The largest absolute Gasteiger partial charge is 0.478 e. The van der Waals surface area contributed by atoms with E-state index in [0.29, 0.717) is 11.6 Å². The maximum atomic E-state index is 12.2. The van der Waals surface area contributed by atoms with Gasteiger partial charge in [-0.2, -0.15) is 5.26 Å². The van der Waals surface area contributed by atoms with Crippen molar-refractivity contribution in [3.8, 4) is 6.07 Å². The van der Waals surface area contributed by atoms with E-state index in [0.717, 1.165) is 5.56 Å². The number of carboxylic acid groups (broad SMARTS) is 1. The van der Waals surface area contributed by atoms with E-state index in [1.807, 2.05) is 30.3 Å². The number of carbonyl (C=O) groups is 2. The van der Waals surface area contributed by atoms with Gasteiger partial charge in [-0.3, -0.25) is 4.79 Å². The topological polar surface area (TPSA) is 90.2 Å². The molecular weight excluding hydrogens is 316 g/mol. The summed E-state index contributed by atoms with van der Waals surface area (Å²) in [6.45, 7) is 4.18. The lowest BCUT2D eigenvalue weighted by Gasteiger charge is -2.06. The zero-order chi connectivity index (χ0) is 18.4. The summed E-state index contributed by atoms with van der Waals surface area (Å²) in [5, 5.41) is 20.7. The summed E-state index contributed by atoms with van der Waals surface area (Å²) in [5.41, 5.74) is 2.46. The van der Waals surface area contributed by atoms with Crippen molar-refractivity contribution < 1.29 is 14.7 Å². The molecule has 0 bridgehead atoms. The lowest BCUT2D eigenvalue weighted by molar-refractivity contribution is -0.112. The maximum Gasteiger partial charge on any atom is 0.335 e. The smallest absolute Gasteiger partial charge is 0.335 e. The number of nitriles is 1. The van der Waals surface area contributed by atoms with Gasteiger partial charge >= 0.3 is 5.97 Å². The summed E-state index contributed by atoms with van der Waals surface area (Å²) in [6, 6.07) is 15.3. The molecule has 0 atom stereocenters. The van der Waals surface area contributed by atoms with E-state index < -0.39 is 11.9 Å². The van der Waals surface area contributed by atoms with Gasteiger partial charge in [0.15, 0.2) is 0 Å². The number of nitrogens with zero attached hydrogens (tertiary/aromatic N) is 1. The number of amides is 1. The molecule has 0 spiro atoms. The Morgan fingerprint density at radius 3 is 2.16 bits per heavy atom.